The standard InChI is InChI=1S/C17H21NO7/c1-24-13(20)6-9-7-18(11-5-3-2-4-10(9)11)17-16(23)15(22)14(21)12(8-19)25-17/h2-5,7,12,14-17,19,21-23H,6,8H2,1H3. The minimum absolute atomic E-state index is 0.0431. The van der Waals surface area contributed by atoms with Gasteiger partial charge >= 0.3 is 5.97 Å². The van der Waals surface area contributed by atoms with Gasteiger partial charge < -0.3 is 34.5 Å². The monoisotopic (exact) mass is 351 g/mol. The minimum atomic E-state index is -1.47. The summed E-state index contributed by atoms with van der Waals surface area (Å²) in [5, 5.41) is 40.4. The molecule has 1 saturated heterocycles. The smallest absolute Gasteiger partial charge is 0.310 e. The zero-order chi connectivity index (χ0) is 18.1. The number of para-hydroxylation sites is 1. The van der Waals surface area contributed by atoms with Crippen molar-refractivity contribution in [3.63, 3.8) is 0 Å². The molecule has 4 N–H and O–H groups in total. The van der Waals surface area contributed by atoms with Gasteiger partial charge in [-0.25, -0.2) is 0 Å². The average Bonchev–Trinajstić information content (AvgIpc) is 2.98. The summed E-state index contributed by atoms with van der Waals surface area (Å²) >= 11 is 0. The van der Waals surface area contributed by atoms with Gasteiger partial charge in [0, 0.05) is 11.6 Å². The Morgan fingerprint density at radius 2 is 1.92 bits per heavy atom. The van der Waals surface area contributed by atoms with E-state index in [1.807, 2.05) is 12.1 Å². The second-order valence-electron chi connectivity index (χ2n) is 6.05. The molecule has 1 fully saturated rings. The zero-order valence-electron chi connectivity index (χ0n) is 13.6. The highest BCUT2D eigenvalue weighted by Gasteiger charge is 2.44. The van der Waals surface area contributed by atoms with Gasteiger partial charge in [0.1, 0.15) is 24.4 Å². The second kappa shape index (κ2) is 7.11. The predicted molar refractivity (Wildman–Crippen MR) is 86.7 cm³/mol. The van der Waals surface area contributed by atoms with Crippen LogP contribution in [0.3, 0.4) is 0 Å². The summed E-state index contributed by atoms with van der Waals surface area (Å²) in [6, 6.07) is 7.23. The molecule has 5 unspecified atom stereocenters. The summed E-state index contributed by atoms with van der Waals surface area (Å²) in [7, 11) is 1.30. The molecule has 0 radical (unpaired) electrons. The quantitative estimate of drug-likeness (QED) is 0.539. The number of benzene rings is 1. The van der Waals surface area contributed by atoms with Gasteiger partial charge in [-0.3, -0.25) is 4.79 Å². The van der Waals surface area contributed by atoms with Crippen LogP contribution in [0, 0.1) is 0 Å². The number of hydrogen-bond donors (Lipinski definition) is 4. The summed E-state index contributed by atoms with van der Waals surface area (Å²) in [4.78, 5) is 11.6. The SMILES string of the molecule is COC(=O)Cc1cn(C2OC(CO)C(O)C(O)C2O)c2ccccc12. The number of ether oxygens (including phenoxy) is 2. The number of fused-ring (bicyclic) bond motifs is 1. The van der Waals surface area contributed by atoms with Gasteiger partial charge in [0.25, 0.3) is 0 Å². The molecule has 8 heteroatoms. The third-order valence-corrected chi connectivity index (χ3v) is 4.53. The highest BCUT2D eigenvalue weighted by Crippen LogP contribution is 2.33. The molecule has 5 atom stereocenters. The zero-order valence-corrected chi connectivity index (χ0v) is 13.6. The Bertz CT molecular complexity index is 757. The highest BCUT2D eigenvalue weighted by atomic mass is 16.6. The number of aliphatic hydroxyl groups excluding tert-OH is 4. The Kier molecular flexibility index (Phi) is 5.07. The van der Waals surface area contributed by atoms with E-state index in [9.17, 15) is 25.2 Å². The second-order valence-corrected chi connectivity index (χ2v) is 6.05. The van der Waals surface area contributed by atoms with Crippen molar-refractivity contribution >= 4 is 16.9 Å². The van der Waals surface area contributed by atoms with Crippen molar-refractivity contribution < 1.29 is 34.7 Å². The number of carbonyl (C=O) groups excluding carboxylic acids is 1. The minimum Gasteiger partial charge on any atom is -0.469 e. The lowest BCUT2D eigenvalue weighted by Gasteiger charge is -2.40. The van der Waals surface area contributed by atoms with Gasteiger partial charge in [-0.15, -0.1) is 0 Å². The third-order valence-electron chi connectivity index (χ3n) is 4.53. The first-order valence-electron chi connectivity index (χ1n) is 7.93. The van der Waals surface area contributed by atoms with Crippen molar-refractivity contribution in [3.8, 4) is 0 Å². The maximum absolute atomic E-state index is 11.6. The molecule has 2 aromatic rings. The lowest BCUT2D eigenvalue weighted by Crippen LogP contribution is -2.56. The van der Waals surface area contributed by atoms with Crippen molar-refractivity contribution in [1.29, 1.82) is 0 Å². The summed E-state index contributed by atoms with van der Waals surface area (Å²) in [6.07, 6.45) is -4.63. The van der Waals surface area contributed by atoms with Gasteiger partial charge in [-0.2, -0.15) is 0 Å². The first-order chi connectivity index (χ1) is 12.0. The summed E-state index contributed by atoms with van der Waals surface area (Å²) in [5.41, 5.74) is 1.37. The molecule has 0 saturated carbocycles. The lowest BCUT2D eigenvalue weighted by atomic mass is 9.98. The molecule has 0 aliphatic carbocycles. The van der Waals surface area contributed by atoms with E-state index in [-0.39, 0.29) is 6.42 Å². The van der Waals surface area contributed by atoms with E-state index < -0.39 is 43.2 Å². The number of rotatable bonds is 4. The van der Waals surface area contributed by atoms with Crippen LogP contribution in [0.4, 0.5) is 0 Å². The van der Waals surface area contributed by atoms with E-state index in [0.717, 1.165) is 5.39 Å². The van der Waals surface area contributed by atoms with Crippen LogP contribution in [0.1, 0.15) is 11.8 Å². The van der Waals surface area contributed by atoms with Crippen molar-refractivity contribution in [2.45, 2.75) is 37.1 Å². The van der Waals surface area contributed by atoms with Crippen molar-refractivity contribution in [2.24, 2.45) is 0 Å². The van der Waals surface area contributed by atoms with E-state index in [1.165, 1.54) is 7.11 Å². The molecule has 136 valence electrons. The third kappa shape index (κ3) is 3.14. The fourth-order valence-electron chi connectivity index (χ4n) is 3.17. The van der Waals surface area contributed by atoms with E-state index in [1.54, 1.807) is 22.9 Å². The normalized spacial score (nSPS) is 29.7. The molecule has 0 amide bonds. The van der Waals surface area contributed by atoms with Crippen LogP contribution < -0.4 is 0 Å². The van der Waals surface area contributed by atoms with Crippen molar-refractivity contribution in [2.75, 3.05) is 13.7 Å². The molecule has 1 aliphatic rings. The van der Waals surface area contributed by atoms with E-state index in [4.69, 9.17) is 9.47 Å². The number of hydrogen-bond acceptors (Lipinski definition) is 7. The van der Waals surface area contributed by atoms with Gasteiger partial charge in [0.15, 0.2) is 6.23 Å². The Morgan fingerprint density at radius 3 is 2.60 bits per heavy atom. The first-order valence-corrected chi connectivity index (χ1v) is 7.93. The number of esters is 1. The van der Waals surface area contributed by atoms with Crippen LogP contribution in [0.15, 0.2) is 30.5 Å². The van der Waals surface area contributed by atoms with Crippen LogP contribution in [-0.4, -0.2) is 69.1 Å². The fourth-order valence-corrected chi connectivity index (χ4v) is 3.17. The maximum Gasteiger partial charge on any atom is 0.310 e. The van der Waals surface area contributed by atoms with Crippen LogP contribution in [0.25, 0.3) is 10.9 Å². The predicted octanol–water partition coefficient (Wildman–Crippen LogP) is -0.671. The molecule has 1 aromatic carbocycles. The molecule has 1 aliphatic heterocycles. The Labute approximate surface area is 143 Å². The Balaban J connectivity index is 2.04. The number of aromatic nitrogens is 1. The number of aliphatic hydroxyl groups is 4. The van der Waals surface area contributed by atoms with Crippen LogP contribution in [0.5, 0.6) is 0 Å². The van der Waals surface area contributed by atoms with E-state index >= 15 is 0 Å². The van der Waals surface area contributed by atoms with Gasteiger partial charge in [-0.05, 0) is 11.6 Å². The summed E-state index contributed by atoms with van der Waals surface area (Å²) in [6.45, 7) is -0.504. The first kappa shape index (κ1) is 17.8. The lowest BCUT2D eigenvalue weighted by molar-refractivity contribution is -0.250. The molecule has 0 bridgehead atoms. The molecular weight excluding hydrogens is 330 g/mol. The largest absolute Gasteiger partial charge is 0.469 e. The topological polar surface area (TPSA) is 121 Å². The maximum atomic E-state index is 11.6. The van der Waals surface area contributed by atoms with Crippen molar-refractivity contribution in [3.05, 3.63) is 36.0 Å². The van der Waals surface area contributed by atoms with Gasteiger partial charge in [0.2, 0.25) is 0 Å². The number of methoxy groups -OCH3 is 1. The average molecular weight is 351 g/mol. The molecule has 8 nitrogen and oxygen atoms in total. The number of carbonyl (C=O) groups is 1. The van der Waals surface area contributed by atoms with Gasteiger partial charge in [0.05, 0.1) is 25.7 Å². The van der Waals surface area contributed by atoms with E-state index in [0.29, 0.717) is 11.1 Å². The van der Waals surface area contributed by atoms with Crippen molar-refractivity contribution in [1.82, 2.24) is 4.57 Å². The molecule has 0 spiro atoms. The summed E-state index contributed by atoms with van der Waals surface area (Å²) in [5.74, 6) is -0.406. The molecule has 3 rings (SSSR count). The van der Waals surface area contributed by atoms with Gasteiger partial charge in [-0.1, -0.05) is 18.2 Å². The van der Waals surface area contributed by atoms with Crippen LogP contribution in [-0.2, 0) is 20.7 Å². The molecule has 2 heterocycles. The fraction of sp³-hybridized carbons (Fsp3) is 0.471. The summed E-state index contributed by atoms with van der Waals surface area (Å²) < 4.78 is 11.9. The van der Waals surface area contributed by atoms with Crippen LogP contribution in [0.2, 0.25) is 0 Å². The number of nitrogens with zero attached hydrogens (tertiary/aromatic N) is 1. The molecule has 25 heavy (non-hydrogen) atoms. The molecule has 1 aromatic heterocycles. The van der Waals surface area contributed by atoms with Crippen LogP contribution >= 0.6 is 0 Å². The molecular formula is C17H21NO7. The Morgan fingerprint density at radius 1 is 1.20 bits per heavy atom. The Hall–Kier alpha value is -1.97. The van der Waals surface area contributed by atoms with E-state index in [2.05, 4.69) is 0 Å². The highest BCUT2D eigenvalue weighted by molar-refractivity contribution is 5.88.